The molecule has 0 aliphatic rings. The highest BCUT2D eigenvalue weighted by molar-refractivity contribution is 5.90. The van der Waals surface area contributed by atoms with E-state index in [1.807, 2.05) is 19.9 Å². The quantitative estimate of drug-likeness (QED) is 0.842. The maximum atomic E-state index is 11.0. The van der Waals surface area contributed by atoms with Crippen LogP contribution >= 0.6 is 0 Å². The molecular weight excluding hydrogens is 230 g/mol. The molecule has 0 unspecified atom stereocenters. The van der Waals surface area contributed by atoms with E-state index in [1.165, 1.54) is 10.7 Å². The maximum absolute atomic E-state index is 11.0. The predicted molar refractivity (Wildman–Crippen MR) is 64.1 cm³/mol. The average Bonchev–Trinajstić information content (AvgIpc) is 2.77. The van der Waals surface area contributed by atoms with E-state index in [0.29, 0.717) is 11.4 Å². The van der Waals surface area contributed by atoms with Crippen molar-refractivity contribution in [2.24, 2.45) is 5.73 Å². The molecule has 0 aliphatic carbocycles. The van der Waals surface area contributed by atoms with Crippen LogP contribution < -0.4 is 5.73 Å². The molecule has 1 amide bonds. The molecule has 0 fully saturated rings. The minimum Gasteiger partial charge on any atom is -0.364 e. The number of aromatic nitrogens is 3. The minimum atomic E-state index is -0.614. The highest BCUT2D eigenvalue weighted by atomic mass is 16.1. The highest BCUT2D eigenvalue weighted by Crippen LogP contribution is 2.16. The summed E-state index contributed by atoms with van der Waals surface area (Å²) < 4.78 is 1.39. The van der Waals surface area contributed by atoms with Crippen molar-refractivity contribution in [2.45, 2.75) is 13.8 Å². The number of hydrogen-bond acceptors (Lipinski definition) is 4. The van der Waals surface area contributed by atoms with Crippen molar-refractivity contribution in [1.29, 1.82) is 5.26 Å². The maximum Gasteiger partial charge on any atom is 0.269 e. The molecule has 6 nitrogen and oxygen atoms in total. The van der Waals surface area contributed by atoms with Gasteiger partial charge in [0.1, 0.15) is 11.8 Å². The van der Waals surface area contributed by atoms with Crippen molar-refractivity contribution >= 4 is 5.91 Å². The molecule has 18 heavy (non-hydrogen) atoms. The van der Waals surface area contributed by atoms with Crippen molar-refractivity contribution in [1.82, 2.24) is 14.8 Å². The molecule has 0 saturated carbocycles. The SMILES string of the molecule is Cc1cc(C)c(C#N)c(-n2ccc(C(N)=O)n2)n1. The fraction of sp³-hybridized carbons (Fsp3) is 0.167. The van der Waals surface area contributed by atoms with Crippen LogP contribution in [-0.4, -0.2) is 20.7 Å². The Labute approximate surface area is 104 Å². The first-order chi connectivity index (χ1) is 8.52. The summed E-state index contributed by atoms with van der Waals surface area (Å²) in [4.78, 5) is 15.3. The molecular formula is C12H11N5O. The van der Waals surface area contributed by atoms with E-state index in [-0.39, 0.29) is 5.69 Å². The first-order valence-electron chi connectivity index (χ1n) is 5.27. The Morgan fingerprint density at radius 3 is 2.78 bits per heavy atom. The third-order valence-corrected chi connectivity index (χ3v) is 2.50. The second kappa shape index (κ2) is 4.30. The van der Waals surface area contributed by atoms with Gasteiger partial charge in [-0.15, -0.1) is 0 Å². The lowest BCUT2D eigenvalue weighted by molar-refractivity contribution is 0.0995. The molecule has 0 atom stereocenters. The lowest BCUT2D eigenvalue weighted by atomic mass is 10.1. The molecule has 6 heteroatoms. The lowest BCUT2D eigenvalue weighted by Crippen LogP contribution is -2.13. The van der Waals surface area contributed by atoms with Gasteiger partial charge in [0.25, 0.3) is 5.91 Å². The van der Waals surface area contributed by atoms with Crippen LogP contribution in [0, 0.1) is 25.2 Å². The average molecular weight is 241 g/mol. The normalized spacial score (nSPS) is 10.1. The molecule has 0 bridgehead atoms. The highest BCUT2D eigenvalue weighted by Gasteiger charge is 2.13. The van der Waals surface area contributed by atoms with E-state index in [1.54, 1.807) is 6.20 Å². The molecule has 2 rings (SSSR count). The molecule has 2 N–H and O–H groups in total. The Bertz CT molecular complexity index is 666. The number of nitrogens with zero attached hydrogens (tertiary/aromatic N) is 4. The van der Waals surface area contributed by atoms with Crippen molar-refractivity contribution in [2.75, 3.05) is 0 Å². The van der Waals surface area contributed by atoms with Gasteiger partial charge in [0, 0.05) is 11.9 Å². The monoisotopic (exact) mass is 241 g/mol. The number of primary amides is 1. The van der Waals surface area contributed by atoms with Gasteiger partial charge in [0.2, 0.25) is 0 Å². The van der Waals surface area contributed by atoms with Crippen LogP contribution in [0.4, 0.5) is 0 Å². The third kappa shape index (κ3) is 1.94. The Kier molecular flexibility index (Phi) is 2.81. The van der Waals surface area contributed by atoms with Crippen molar-refractivity contribution in [3.63, 3.8) is 0 Å². The number of rotatable bonds is 2. The van der Waals surface area contributed by atoms with Crippen molar-refractivity contribution in [3.8, 4) is 11.9 Å². The summed E-state index contributed by atoms with van der Waals surface area (Å²) >= 11 is 0. The summed E-state index contributed by atoms with van der Waals surface area (Å²) in [6.07, 6.45) is 1.56. The fourth-order valence-electron chi connectivity index (χ4n) is 1.69. The molecule has 2 aromatic rings. The van der Waals surface area contributed by atoms with Crippen LogP contribution in [0.2, 0.25) is 0 Å². The number of aryl methyl sites for hydroxylation is 2. The molecule has 0 aliphatic heterocycles. The predicted octanol–water partition coefficient (Wildman–Crippen LogP) is 0.855. The van der Waals surface area contributed by atoms with Gasteiger partial charge in [0.05, 0.1) is 5.56 Å². The van der Waals surface area contributed by atoms with Crippen LogP contribution in [0.25, 0.3) is 5.82 Å². The van der Waals surface area contributed by atoms with Gasteiger partial charge in [-0.2, -0.15) is 10.4 Å². The number of amides is 1. The van der Waals surface area contributed by atoms with E-state index in [2.05, 4.69) is 16.2 Å². The zero-order valence-corrected chi connectivity index (χ0v) is 10.0. The number of nitriles is 1. The summed E-state index contributed by atoms with van der Waals surface area (Å²) in [5.41, 5.74) is 7.30. The van der Waals surface area contributed by atoms with E-state index in [0.717, 1.165) is 11.3 Å². The first kappa shape index (κ1) is 11.8. The lowest BCUT2D eigenvalue weighted by Gasteiger charge is -2.07. The Balaban J connectivity index is 2.63. The largest absolute Gasteiger partial charge is 0.364 e. The van der Waals surface area contributed by atoms with Crippen molar-refractivity contribution < 1.29 is 4.79 Å². The van der Waals surface area contributed by atoms with Crippen LogP contribution in [0.1, 0.15) is 27.3 Å². The Morgan fingerprint density at radius 1 is 1.50 bits per heavy atom. The molecule has 0 radical (unpaired) electrons. The van der Waals surface area contributed by atoms with Crippen LogP contribution in [-0.2, 0) is 0 Å². The number of pyridine rings is 1. The Morgan fingerprint density at radius 2 is 2.22 bits per heavy atom. The summed E-state index contributed by atoms with van der Waals surface area (Å²) in [7, 11) is 0. The molecule has 2 heterocycles. The topological polar surface area (TPSA) is 97.6 Å². The zero-order valence-electron chi connectivity index (χ0n) is 10.0. The van der Waals surface area contributed by atoms with Gasteiger partial charge in [-0.05, 0) is 31.5 Å². The van der Waals surface area contributed by atoms with Gasteiger partial charge < -0.3 is 5.73 Å². The van der Waals surface area contributed by atoms with E-state index in [9.17, 15) is 4.79 Å². The number of nitrogens with two attached hydrogens (primary N) is 1. The molecule has 0 spiro atoms. The summed E-state index contributed by atoms with van der Waals surface area (Å²) in [6.45, 7) is 3.66. The van der Waals surface area contributed by atoms with Gasteiger partial charge in [-0.3, -0.25) is 4.79 Å². The molecule has 0 saturated heterocycles. The van der Waals surface area contributed by atoms with Gasteiger partial charge in [-0.25, -0.2) is 9.67 Å². The third-order valence-electron chi connectivity index (χ3n) is 2.50. The molecule has 0 aromatic carbocycles. The van der Waals surface area contributed by atoms with Crippen LogP contribution in [0.3, 0.4) is 0 Å². The van der Waals surface area contributed by atoms with Crippen LogP contribution in [0.5, 0.6) is 0 Å². The van der Waals surface area contributed by atoms with E-state index < -0.39 is 5.91 Å². The number of hydrogen-bond donors (Lipinski definition) is 1. The smallest absolute Gasteiger partial charge is 0.269 e. The standard InChI is InChI=1S/C12H11N5O/c1-7-5-8(2)15-12(9(7)6-13)17-4-3-10(16-17)11(14)18/h3-5H,1-2H3,(H2,14,18). The summed E-state index contributed by atoms with van der Waals surface area (Å²) in [5, 5.41) is 13.1. The van der Waals surface area contributed by atoms with Gasteiger partial charge in [-0.1, -0.05) is 0 Å². The Hall–Kier alpha value is -2.68. The number of carbonyl (C=O) groups is 1. The van der Waals surface area contributed by atoms with Crippen LogP contribution in [0.15, 0.2) is 18.3 Å². The summed E-state index contributed by atoms with van der Waals surface area (Å²) in [6, 6.07) is 5.40. The first-order valence-corrected chi connectivity index (χ1v) is 5.27. The zero-order chi connectivity index (χ0) is 13.3. The van der Waals surface area contributed by atoms with Crippen molar-refractivity contribution in [3.05, 3.63) is 40.8 Å². The van der Waals surface area contributed by atoms with Gasteiger partial charge >= 0.3 is 0 Å². The van der Waals surface area contributed by atoms with E-state index in [4.69, 9.17) is 11.0 Å². The van der Waals surface area contributed by atoms with E-state index >= 15 is 0 Å². The second-order valence-corrected chi connectivity index (χ2v) is 3.90. The second-order valence-electron chi connectivity index (χ2n) is 3.90. The number of carbonyl (C=O) groups excluding carboxylic acids is 1. The molecule has 90 valence electrons. The molecule has 2 aromatic heterocycles. The fourth-order valence-corrected chi connectivity index (χ4v) is 1.69. The van der Waals surface area contributed by atoms with Gasteiger partial charge in [0.15, 0.2) is 5.82 Å². The minimum absolute atomic E-state index is 0.139. The summed E-state index contributed by atoms with van der Waals surface area (Å²) in [5.74, 6) is -0.209.